The zero-order valence-corrected chi connectivity index (χ0v) is 13.2. The van der Waals surface area contributed by atoms with E-state index in [4.69, 9.17) is 5.11 Å². The van der Waals surface area contributed by atoms with Crippen LogP contribution in [0.2, 0.25) is 0 Å². The van der Waals surface area contributed by atoms with E-state index < -0.39 is 33.3 Å². The summed E-state index contributed by atoms with van der Waals surface area (Å²) in [5, 5.41) is 8.82. The smallest absolute Gasteiger partial charge is 0.345 e. The van der Waals surface area contributed by atoms with Crippen molar-refractivity contribution in [3.05, 3.63) is 44.6 Å². The Balaban J connectivity index is 2.43. The molecule has 0 saturated carbocycles. The number of nitrogens with one attached hydrogen (secondary N) is 1. The number of carboxylic acids is 1. The minimum atomic E-state index is -4.25. The van der Waals surface area contributed by atoms with Gasteiger partial charge in [-0.25, -0.2) is 22.0 Å². The van der Waals surface area contributed by atoms with Gasteiger partial charge in [-0.2, -0.15) is 0 Å². The number of benzene rings is 1. The van der Waals surface area contributed by atoms with Crippen molar-refractivity contribution in [2.75, 3.05) is 4.72 Å². The van der Waals surface area contributed by atoms with E-state index in [-0.39, 0.29) is 13.6 Å². The van der Waals surface area contributed by atoms with E-state index in [0.717, 1.165) is 24.3 Å². The number of anilines is 1. The van der Waals surface area contributed by atoms with Crippen LogP contribution in [-0.4, -0.2) is 19.5 Å². The second-order valence-electron chi connectivity index (χ2n) is 3.76. The van der Waals surface area contributed by atoms with Gasteiger partial charge < -0.3 is 5.11 Å². The summed E-state index contributed by atoms with van der Waals surface area (Å²) in [6.45, 7) is 0. The fourth-order valence-electron chi connectivity index (χ4n) is 1.42. The first-order valence-electron chi connectivity index (χ1n) is 5.22. The van der Waals surface area contributed by atoms with Gasteiger partial charge in [-0.05, 0) is 34.1 Å². The van der Waals surface area contributed by atoms with Gasteiger partial charge in [0.05, 0.1) is 9.47 Å². The molecule has 5 nitrogen and oxygen atoms in total. The molecule has 0 radical (unpaired) electrons. The van der Waals surface area contributed by atoms with Gasteiger partial charge in [0.25, 0.3) is 10.0 Å². The summed E-state index contributed by atoms with van der Waals surface area (Å²) in [6, 6.07) is 3.96. The molecule has 1 aromatic heterocycles. The first-order valence-corrected chi connectivity index (χ1v) is 8.31. The van der Waals surface area contributed by atoms with Crippen molar-refractivity contribution >= 4 is 48.9 Å². The number of hydrogen-bond donors (Lipinski definition) is 2. The maximum atomic E-state index is 13.5. The lowest BCUT2D eigenvalue weighted by molar-refractivity contribution is 0.0702. The highest BCUT2D eigenvalue weighted by Crippen LogP contribution is 2.33. The van der Waals surface area contributed by atoms with Crippen LogP contribution < -0.4 is 4.72 Å². The Kier molecular flexibility index (Phi) is 4.30. The SMILES string of the molecule is O=C(O)c1cc(S(=O)(=O)Nc2cccc(F)c2F)c(Br)s1. The van der Waals surface area contributed by atoms with E-state index in [1.807, 2.05) is 4.72 Å². The van der Waals surface area contributed by atoms with Crippen LogP contribution in [0, 0.1) is 11.6 Å². The lowest BCUT2D eigenvalue weighted by Gasteiger charge is -2.08. The zero-order valence-electron chi connectivity index (χ0n) is 9.93. The Morgan fingerprint density at radius 1 is 1.33 bits per heavy atom. The number of rotatable bonds is 4. The summed E-state index contributed by atoms with van der Waals surface area (Å²) >= 11 is 3.63. The first kappa shape index (κ1) is 15.9. The molecule has 2 N–H and O–H groups in total. The maximum Gasteiger partial charge on any atom is 0.345 e. The zero-order chi connectivity index (χ0) is 15.8. The molecule has 0 atom stereocenters. The summed E-state index contributed by atoms with van der Waals surface area (Å²) in [4.78, 5) is 10.2. The molecule has 0 fully saturated rings. The van der Waals surface area contributed by atoms with Gasteiger partial charge in [0.15, 0.2) is 11.6 Å². The lowest BCUT2D eigenvalue weighted by Crippen LogP contribution is -2.14. The normalized spacial score (nSPS) is 11.4. The number of aromatic carboxylic acids is 1. The molecule has 0 amide bonds. The van der Waals surface area contributed by atoms with Gasteiger partial charge in [0.2, 0.25) is 0 Å². The van der Waals surface area contributed by atoms with Gasteiger partial charge in [-0.1, -0.05) is 6.07 Å². The van der Waals surface area contributed by atoms with Crippen LogP contribution in [0.25, 0.3) is 0 Å². The maximum absolute atomic E-state index is 13.5. The Labute approximate surface area is 130 Å². The monoisotopic (exact) mass is 397 g/mol. The third-order valence-corrected chi connectivity index (χ3v) is 5.96. The second kappa shape index (κ2) is 5.70. The fourth-order valence-corrected chi connectivity index (χ4v) is 4.89. The van der Waals surface area contributed by atoms with Crippen LogP contribution >= 0.6 is 27.3 Å². The van der Waals surface area contributed by atoms with E-state index in [9.17, 15) is 22.0 Å². The number of sulfonamides is 1. The van der Waals surface area contributed by atoms with Crippen LogP contribution in [0.1, 0.15) is 9.67 Å². The van der Waals surface area contributed by atoms with Crippen LogP contribution in [0.5, 0.6) is 0 Å². The Bertz CT molecular complexity index is 820. The quantitative estimate of drug-likeness (QED) is 0.828. The van der Waals surface area contributed by atoms with Crippen molar-refractivity contribution in [2.24, 2.45) is 0 Å². The summed E-state index contributed by atoms with van der Waals surface area (Å²) in [5.41, 5.74) is -0.565. The fraction of sp³-hybridized carbons (Fsp3) is 0. The average molecular weight is 398 g/mol. The van der Waals surface area contributed by atoms with Gasteiger partial charge in [-0.15, -0.1) is 11.3 Å². The molecule has 0 aliphatic rings. The average Bonchev–Trinajstić information content (AvgIpc) is 2.78. The molecule has 0 saturated heterocycles. The molecule has 1 aromatic carbocycles. The van der Waals surface area contributed by atoms with Crippen molar-refractivity contribution in [2.45, 2.75) is 4.90 Å². The second-order valence-corrected chi connectivity index (χ2v) is 7.78. The number of carbonyl (C=O) groups is 1. The molecular weight excluding hydrogens is 392 g/mol. The lowest BCUT2D eigenvalue weighted by atomic mass is 10.3. The largest absolute Gasteiger partial charge is 0.477 e. The number of carboxylic acid groups (broad SMARTS) is 1. The van der Waals surface area contributed by atoms with Gasteiger partial charge in [-0.3, -0.25) is 4.72 Å². The highest BCUT2D eigenvalue weighted by atomic mass is 79.9. The topological polar surface area (TPSA) is 83.5 Å². The highest BCUT2D eigenvalue weighted by Gasteiger charge is 2.24. The minimum absolute atomic E-state index is 0.0456. The third-order valence-electron chi connectivity index (χ3n) is 2.35. The standard InChI is InChI=1S/C11H6BrF2NO4S2/c12-10-8(4-7(20-10)11(16)17)21(18,19)15-6-3-1-2-5(13)9(6)14/h1-4,15H,(H,16,17). The van der Waals surface area contributed by atoms with Gasteiger partial charge in [0, 0.05) is 0 Å². The summed E-state index contributed by atoms with van der Waals surface area (Å²) < 4.78 is 52.7. The molecule has 112 valence electrons. The van der Waals surface area contributed by atoms with E-state index in [1.54, 1.807) is 0 Å². The predicted octanol–water partition coefficient (Wildman–Crippen LogP) is 3.29. The molecule has 1 heterocycles. The van der Waals surface area contributed by atoms with Crippen LogP contribution in [0.3, 0.4) is 0 Å². The van der Waals surface area contributed by atoms with E-state index in [2.05, 4.69) is 15.9 Å². The van der Waals surface area contributed by atoms with Crippen molar-refractivity contribution in [3.63, 3.8) is 0 Å². The molecule has 0 spiro atoms. The molecule has 2 aromatic rings. The molecule has 21 heavy (non-hydrogen) atoms. The predicted molar refractivity (Wildman–Crippen MR) is 76.1 cm³/mol. The van der Waals surface area contributed by atoms with Gasteiger partial charge >= 0.3 is 5.97 Å². The number of hydrogen-bond acceptors (Lipinski definition) is 4. The molecule has 0 unspecified atom stereocenters. The Morgan fingerprint density at radius 3 is 2.57 bits per heavy atom. The molecule has 10 heteroatoms. The van der Waals surface area contributed by atoms with Crippen molar-refractivity contribution in [3.8, 4) is 0 Å². The van der Waals surface area contributed by atoms with Crippen LogP contribution in [0.15, 0.2) is 32.9 Å². The molecule has 0 aliphatic heterocycles. The van der Waals surface area contributed by atoms with E-state index in [0.29, 0.717) is 11.3 Å². The molecule has 0 aliphatic carbocycles. The molecule has 0 bridgehead atoms. The number of thiophene rings is 1. The Morgan fingerprint density at radius 2 is 2.00 bits per heavy atom. The van der Waals surface area contributed by atoms with Crippen molar-refractivity contribution in [1.82, 2.24) is 0 Å². The highest BCUT2D eigenvalue weighted by molar-refractivity contribution is 9.11. The Hall–Kier alpha value is -1.52. The minimum Gasteiger partial charge on any atom is -0.477 e. The molecular formula is C11H6BrF2NO4S2. The first-order chi connectivity index (χ1) is 9.72. The third kappa shape index (κ3) is 3.22. The summed E-state index contributed by atoms with van der Waals surface area (Å²) in [5.74, 6) is -3.84. The number of halogens is 3. The summed E-state index contributed by atoms with van der Waals surface area (Å²) in [6.07, 6.45) is 0. The van der Waals surface area contributed by atoms with Crippen molar-refractivity contribution < 1.29 is 27.1 Å². The van der Waals surface area contributed by atoms with Crippen LogP contribution in [0.4, 0.5) is 14.5 Å². The van der Waals surface area contributed by atoms with E-state index >= 15 is 0 Å². The van der Waals surface area contributed by atoms with Crippen molar-refractivity contribution in [1.29, 1.82) is 0 Å². The summed E-state index contributed by atoms with van der Waals surface area (Å²) in [7, 11) is -4.25. The van der Waals surface area contributed by atoms with Crippen LogP contribution in [-0.2, 0) is 10.0 Å². The van der Waals surface area contributed by atoms with Gasteiger partial charge in [0.1, 0.15) is 9.77 Å². The molecule has 2 rings (SSSR count). The van der Waals surface area contributed by atoms with E-state index in [1.165, 1.54) is 0 Å².